The average molecular weight is 591 g/mol. The van der Waals surface area contributed by atoms with E-state index in [1.807, 2.05) is 97.8 Å². The van der Waals surface area contributed by atoms with Crippen LogP contribution in [0.25, 0.3) is 0 Å². The van der Waals surface area contributed by atoms with Crippen LogP contribution < -0.4 is 0 Å². The third kappa shape index (κ3) is 4.91. The first kappa shape index (κ1) is 27.2. The van der Waals surface area contributed by atoms with Crippen LogP contribution in [-0.4, -0.2) is 71.9 Å². The molecular weight excluding hydrogens is 560 g/mol. The molecule has 14 nitrogen and oxygen atoms in total. The number of aromatic nitrogens is 12. The largest absolute Gasteiger partial charge is 0.370 e. The Morgan fingerprint density at radius 1 is 0.409 bits per heavy atom. The first-order valence-corrected chi connectivity index (χ1v) is 14.0. The summed E-state index contributed by atoms with van der Waals surface area (Å²) in [6.45, 7) is 1.24. The van der Waals surface area contributed by atoms with Gasteiger partial charge in [-0.1, -0.05) is 24.3 Å². The van der Waals surface area contributed by atoms with Gasteiger partial charge in [0.1, 0.15) is 13.2 Å². The van der Waals surface area contributed by atoms with Crippen molar-refractivity contribution in [1.29, 1.82) is 0 Å². The second-order valence-electron chi connectivity index (χ2n) is 10.1. The fourth-order valence-corrected chi connectivity index (χ4v) is 5.25. The van der Waals surface area contributed by atoms with Crippen molar-refractivity contribution in [2.45, 2.75) is 24.8 Å². The second kappa shape index (κ2) is 11.9. The molecule has 0 N–H and O–H groups in total. The summed E-state index contributed by atoms with van der Waals surface area (Å²) in [6, 6.07) is 19.4. The molecule has 1 aromatic carbocycles. The summed E-state index contributed by atoms with van der Waals surface area (Å²) in [5.74, 6) is -1.90. The Balaban J connectivity index is 1.04. The monoisotopic (exact) mass is 590 g/mol. The number of rotatable bonds is 14. The van der Waals surface area contributed by atoms with Crippen LogP contribution in [0.3, 0.4) is 0 Å². The summed E-state index contributed by atoms with van der Waals surface area (Å²) in [7, 11) is 0. The lowest BCUT2D eigenvalue weighted by atomic mass is 10.1. The highest BCUT2D eigenvalue weighted by molar-refractivity contribution is 5.21. The van der Waals surface area contributed by atoms with Crippen molar-refractivity contribution in [1.82, 2.24) is 58.7 Å². The molecule has 6 aromatic heterocycles. The summed E-state index contributed by atoms with van der Waals surface area (Å²) < 4.78 is 23.4. The second-order valence-corrected chi connectivity index (χ2v) is 10.1. The van der Waals surface area contributed by atoms with E-state index in [0.717, 1.165) is 11.1 Å². The van der Waals surface area contributed by atoms with Crippen LogP contribution in [0.2, 0.25) is 0 Å². The van der Waals surface area contributed by atoms with Gasteiger partial charge in [0.2, 0.25) is 0 Å². The number of benzene rings is 1. The van der Waals surface area contributed by atoms with Crippen LogP contribution in [0.4, 0.5) is 0 Å². The molecule has 0 aliphatic heterocycles. The molecule has 0 aliphatic rings. The van der Waals surface area contributed by atoms with E-state index in [2.05, 4.69) is 30.6 Å². The Morgan fingerprint density at radius 3 is 0.864 bits per heavy atom. The molecule has 0 fully saturated rings. The Kier molecular flexibility index (Phi) is 7.40. The Labute approximate surface area is 252 Å². The minimum atomic E-state index is -0.950. The first-order chi connectivity index (χ1) is 21.8. The van der Waals surface area contributed by atoms with Crippen LogP contribution in [-0.2, 0) is 34.3 Å². The normalized spacial score (nSPS) is 12.2. The highest BCUT2D eigenvalue weighted by Crippen LogP contribution is 2.23. The zero-order valence-corrected chi connectivity index (χ0v) is 23.7. The highest BCUT2D eigenvalue weighted by Gasteiger charge is 2.40. The molecule has 0 aliphatic carbocycles. The van der Waals surface area contributed by atoms with Crippen molar-refractivity contribution >= 4 is 0 Å². The quantitative estimate of drug-likeness (QED) is 0.189. The lowest BCUT2D eigenvalue weighted by molar-refractivity contribution is -0.0182. The van der Waals surface area contributed by atoms with E-state index in [1.54, 1.807) is 65.3 Å². The molecular formula is C30H30N12O2. The SMILES string of the molecule is c1cnn(C(COCc2ccc(COCC(n3cccn3)(n3cccn3)n3cccn3)cc2)(n2cccn2)n2cccn2)c1. The summed E-state index contributed by atoms with van der Waals surface area (Å²) >= 11 is 0. The van der Waals surface area contributed by atoms with E-state index >= 15 is 0 Å². The molecule has 44 heavy (non-hydrogen) atoms. The molecule has 0 saturated heterocycles. The summed E-state index contributed by atoms with van der Waals surface area (Å²) in [6.07, 6.45) is 21.6. The maximum atomic E-state index is 6.30. The predicted molar refractivity (Wildman–Crippen MR) is 157 cm³/mol. The molecule has 7 aromatic rings. The van der Waals surface area contributed by atoms with E-state index in [4.69, 9.17) is 9.47 Å². The lowest BCUT2D eigenvalue weighted by Gasteiger charge is -2.34. The van der Waals surface area contributed by atoms with E-state index in [9.17, 15) is 0 Å². The molecule has 14 heteroatoms. The molecule has 222 valence electrons. The standard InChI is InChI=1S/C30H30N12O2/c1-11-31-37(17-1)29(38-18-2-12-32-38,39-19-3-13-33-39)25-43-23-27-7-9-28(10-8-27)24-44-26-30(40-20-4-14-34-40,41-21-5-15-35-41)42-22-6-16-36-42/h1-22H,23-26H2. The smallest absolute Gasteiger partial charge is 0.273 e. The third-order valence-corrected chi connectivity index (χ3v) is 7.38. The zero-order chi connectivity index (χ0) is 29.7. The Morgan fingerprint density at radius 2 is 0.659 bits per heavy atom. The van der Waals surface area contributed by atoms with Crippen molar-refractivity contribution in [2.24, 2.45) is 0 Å². The van der Waals surface area contributed by atoms with Crippen molar-refractivity contribution in [3.05, 3.63) is 146 Å². The molecule has 0 saturated carbocycles. The number of hydrogen-bond donors (Lipinski definition) is 0. The fraction of sp³-hybridized carbons (Fsp3) is 0.200. The van der Waals surface area contributed by atoms with Crippen LogP contribution in [0.15, 0.2) is 135 Å². The molecule has 0 unspecified atom stereocenters. The van der Waals surface area contributed by atoms with Crippen LogP contribution in [0.1, 0.15) is 11.1 Å². The first-order valence-electron chi connectivity index (χ1n) is 14.0. The van der Waals surface area contributed by atoms with Gasteiger partial charge in [-0.25, -0.2) is 28.1 Å². The summed E-state index contributed by atoms with van der Waals surface area (Å²) in [5, 5.41) is 27.1. The van der Waals surface area contributed by atoms with E-state index in [0.29, 0.717) is 13.2 Å². The predicted octanol–water partition coefficient (Wildman–Crippen LogP) is 2.71. The molecule has 6 heterocycles. The van der Waals surface area contributed by atoms with Gasteiger partial charge in [0.15, 0.2) is 0 Å². The number of hydrogen-bond acceptors (Lipinski definition) is 8. The molecule has 7 rings (SSSR count). The van der Waals surface area contributed by atoms with Gasteiger partial charge in [0, 0.05) is 74.4 Å². The number of nitrogens with zero attached hydrogens (tertiary/aromatic N) is 12. The highest BCUT2D eigenvalue weighted by atomic mass is 16.5. The molecule has 0 bridgehead atoms. The van der Waals surface area contributed by atoms with Gasteiger partial charge < -0.3 is 9.47 Å². The minimum Gasteiger partial charge on any atom is -0.370 e. The van der Waals surface area contributed by atoms with E-state index < -0.39 is 11.6 Å². The molecule has 0 atom stereocenters. The maximum Gasteiger partial charge on any atom is 0.273 e. The van der Waals surface area contributed by atoms with Gasteiger partial charge in [-0.05, 0) is 47.5 Å². The van der Waals surface area contributed by atoms with E-state index in [-0.39, 0.29) is 13.2 Å². The topological polar surface area (TPSA) is 125 Å². The van der Waals surface area contributed by atoms with Crippen molar-refractivity contribution < 1.29 is 9.47 Å². The van der Waals surface area contributed by atoms with Crippen LogP contribution >= 0.6 is 0 Å². The maximum absolute atomic E-state index is 6.30. The lowest BCUT2D eigenvalue weighted by Crippen LogP contribution is -2.52. The van der Waals surface area contributed by atoms with Gasteiger partial charge in [-0.2, -0.15) is 30.6 Å². The van der Waals surface area contributed by atoms with Gasteiger partial charge in [0.05, 0.1) is 13.2 Å². The van der Waals surface area contributed by atoms with Crippen molar-refractivity contribution in [3.63, 3.8) is 0 Å². The minimum absolute atomic E-state index is 0.235. The Hall–Kier alpha value is -5.60. The van der Waals surface area contributed by atoms with Gasteiger partial charge in [0.25, 0.3) is 11.6 Å². The van der Waals surface area contributed by atoms with Gasteiger partial charge in [-0.3, -0.25) is 0 Å². The number of ether oxygens (including phenoxy) is 2. The van der Waals surface area contributed by atoms with Crippen LogP contribution in [0, 0.1) is 0 Å². The summed E-state index contributed by atoms with van der Waals surface area (Å²) in [5.41, 5.74) is 2.03. The van der Waals surface area contributed by atoms with Gasteiger partial charge >= 0.3 is 0 Å². The van der Waals surface area contributed by atoms with Crippen molar-refractivity contribution in [2.75, 3.05) is 13.2 Å². The Bertz CT molecular complexity index is 1490. The third-order valence-electron chi connectivity index (χ3n) is 7.38. The van der Waals surface area contributed by atoms with Crippen LogP contribution in [0.5, 0.6) is 0 Å². The average Bonchev–Trinajstić information content (AvgIpc) is 3.91. The molecule has 0 spiro atoms. The van der Waals surface area contributed by atoms with Gasteiger partial charge in [-0.15, -0.1) is 0 Å². The molecule has 0 amide bonds. The van der Waals surface area contributed by atoms with Crippen molar-refractivity contribution in [3.8, 4) is 0 Å². The fourth-order valence-electron chi connectivity index (χ4n) is 5.25. The van der Waals surface area contributed by atoms with E-state index in [1.165, 1.54) is 0 Å². The molecule has 0 radical (unpaired) electrons. The zero-order valence-electron chi connectivity index (χ0n) is 23.7. The summed E-state index contributed by atoms with van der Waals surface area (Å²) in [4.78, 5) is 0.